The van der Waals surface area contributed by atoms with Crippen LogP contribution in [0.15, 0.2) is 0 Å². The van der Waals surface area contributed by atoms with Gasteiger partial charge in [0.2, 0.25) is 5.91 Å². The highest BCUT2D eigenvalue weighted by atomic mass is 16.2. The van der Waals surface area contributed by atoms with E-state index in [4.69, 9.17) is 0 Å². The Morgan fingerprint density at radius 2 is 1.83 bits per heavy atom. The van der Waals surface area contributed by atoms with E-state index in [9.17, 15) is 9.59 Å². The SMILES string of the molecule is CCN(CCCN1CCCC1)C(=O)NCCC(=O)NC1CCCC1. The number of rotatable bonds is 9. The van der Waals surface area contributed by atoms with Gasteiger partial charge in [-0.25, -0.2) is 4.79 Å². The van der Waals surface area contributed by atoms with Crippen molar-refractivity contribution >= 4 is 11.9 Å². The van der Waals surface area contributed by atoms with Crippen LogP contribution in [-0.2, 0) is 4.79 Å². The Hall–Kier alpha value is -1.30. The Labute approximate surface area is 146 Å². The molecule has 3 amide bonds. The van der Waals surface area contributed by atoms with Gasteiger partial charge in [-0.3, -0.25) is 4.79 Å². The standard InChI is InChI=1S/C18H34N4O2/c1-2-22(15-7-14-21-12-5-6-13-21)18(24)19-11-10-17(23)20-16-8-3-4-9-16/h16H,2-15H2,1H3,(H,19,24)(H,20,23). The molecule has 1 aliphatic carbocycles. The minimum atomic E-state index is -0.0485. The lowest BCUT2D eigenvalue weighted by molar-refractivity contribution is -0.121. The van der Waals surface area contributed by atoms with Crippen LogP contribution in [0.5, 0.6) is 0 Å². The van der Waals surface area contributed by atoms with Crippen molar-refractivity contribution in [2.45, 2.75) is 64.3 Å². The first-order chi connectivity index (χ1) is 11.7. The Morgan fingerprint density at radius 1 is 1.12 bits per heavy atom. The second-order valence-corrected chi connectivity index (χ2v) is 7.01. The van der Waals surface area contributed by atoms with Crippen molar-refractivity contribution < 1.29 is 9.59 Å². The van der Waals surface area contributed by atoms with Gasteiger partial charge in [0.1, 0.15) is 0 Å². The van der Waals surface area contributed by atoms with Crippen LogP contribution in [0.25, 0.3) is 0 Å². The highest BCUT2D eigenvalue weighted by Gasteiger charge is 2.17. The van der Waals surface area contributed by atoms with Gasteiger partial charge in [0, 0.05) is 32.1 Å². The molecule has 24 heavy (non-hydrogen) atoms. The van der Waals surface area contributed by atoms with Gasteiger partial charge in [0.25, 0.3) is 0 Å². The van der Waals surface area contributed by atoms with Crippen LogP contribution in [0.1, 0.15) is 58.3 Å². The third kappa shape index (κ3) is 6.67. The fourth-order valence-corrected chi connectivity index (χ4v) is 3.66. The molecule has 0 atom stereocenters. The third-order valence-corrected chi connectivity index (χ3v) is 5.12. The number of amides is 3. The third-order valence-electron chi connectivity index (χ3n) is 5.12. The van der Waals surface area contributed by atoms with E-state index in [-0.39, 0.29) is 11.9 Å². The quantitative estimate of drug-likeness (QED) is 0.675. The van der Waals surface area contributed by atoms with E-state index < -0.39 is 0 Å². The molecular formula is C18H34N4O2. The molecule has 0 aromatic rings. The van der Waals surface area contributed by atoms with Crippen molar-refractivity contribution in [2.24, 2.45) is 0 Å². The van der Waals surface area contributed by atoms with E-state index in [1.165, 1.54) is 38.8 Å². The molecular weight excluding hydrogens is 304 g/mol. The van der Waals surface area contributed by atoms with Crippen LogP contribution in [0, 0.1) is 0 Å². The predicted molar refractivity (Wildman–Crippen MR) is 96.0 cm³/mol. The summed E-state index contributed by atoms with van der Waals surface area (Å²) in [5, 5.41) is 5.93. The average molecular weight is 338 g/mol. The van der Waals surface area contributed by atoms with Crippen molar-refractivity contribution in [3.8, 4) is 0 Å². The van der Waals surface area contributed by atoms with Crippen molar-refractivity contribution in [1.82, 2.24) is 20.4 Å². The predicted octanol–water partition coefficient (Wildman–Crippen LogP) is 1.95. The van der Waals surface area contributed by atoms with Gasteiger partial charge in [-0.05, 0) is 58.7 Å². The molecule has 2 fully saturated rings. The maximum atomic E-state index is 12.2. The molecule has 2 aliphatic rings. The molecule has 6 nitrogen and oxygen atoms in total. The maximum Gasteiger partial charge on any atom is 0.317 e. The maximum absolute atomic E-state index is 12.2. The summed E-state index contributed by atoms with van der Waals surface area (Å²) in [6, 6.07) is 0.304. The first-order valence-electron chi connectivity index (χ1n) is 9.73. The second-order valence-electron chi connectivity index (χ2n) is 7.01. The molecule has 1 saturated heterocycles. The summed E-state index contributed by atoms with van der Waals surface area (Å²) in [6.45, 7) is 7.39. The minimum Gasteiger partial charge on any atom is -0.353 e. The van der Waals surface area contributed by atoms with Crippen molar-refractivity contribution in [3.05, 3.63) is 0 Å². The molecule has 2 rings (SSSR count). The van der Waals surface area contributed by atoms with E-state index >= 15 is 0 Å². The van der Waals surface area contributed by atoms with Crippen molar-refractivity contribution in [2.75, 3.05) is 39.3 Å². The Balaban J connectivity index is 1.55. The first kappa shape index (κ1) is 19.0. The summed E-state index contributed by atoms with van der Waals surface area (Å²) in [4.78, 5) is 28.4. The van der Waals surface area contributed by atoms with E-state index in [1.807, 2.05) is 11.8 Å². The summed E-state index contributed by atoms with van der Waals surface area (Å²) in [6.07, 6.45) is 8.62. The number of carbonyl (C=O) groups excluding carboxylic acids is 2. The zero-order valence-corrected chi connectivity index (χ0v) is 15.2. The lowest BCUT2D eigenvalue weighted by Gasteiger charge is -2.23. The highest BCUT2D eigenvalue weighted by molar-refractivity contribution is 5.78. The number of carbonyl (C=O) groups is 2. The zero-order valence-electron chi connectivity index (χ0n) is 15.2. The number of nitrogens with one attached hydrogen (secondary N) is 2. The molecule has 0 aromatic heterocycles. The molecule has 0 radical (unpaired) electrons. The van der Waals surface area contributed by atoms with Gasteiger partial charge in [0.05, 0.1) is 0 Å². The van der Waals surface area contributed by atoms with Crippen LogP contribution in [-0.4, -0.2) is 67.0 Å². The zero-order chi connectivity index (χ0) is 17.2. The fourth-order valence-electron chi connectivity index (χ4n) is 3.66. The second kappa shape index (κ2) is 10.5. The van der Waals surface area contributed by atoms with Crippen LogP contribution in [0.2, 0.25) is 0 Å². The molecule has 0 aromatic carbocycles. The van der Waals surface area contributed by atoms with Gasteiger partial charge in [-0.1, -0.05) is 12.8 Å². The monoisotopic (exact) mass is 338 g/mol. The highest BCUT2D eigenvalue weighted by Crippen LogP contribution is 2.17. The number of likely N-dealkylation sites (tertiary alicyclic amines) is 1. The minimum absolute atomic E-state index is 0.0485. The molecule has 1 heterocycles. The van der Waals surface area contributed by atoms with E-state index in [2.05, 4.69) is 15.5 Å². The van der Waals surface area contributed by atoms with Gasteiger partial charge >= 0.3 is 6.03 Å². The molecule has 0 bridgehead atoms. The lowest BCUT2D eigenvalue weighted by Crippen LogP contribution is -2.43. The largest absolute Gasteiger partial charge is 0.353 e. The van der Waals surface area contributed by atoms with Crippen LogP contribution in [0.4, 0.5) is 4.79 Å². The molecule has 1 saturated carbocycles. The number of hydrogen-bond donors (Lipinski definition) is 2. The molecule has 0 unspecified atom stereocenters. The number of nitrogens with zero attached hydrogens (tertiary/aromatic N) is 2. The normalized spacial score (nSPS) is 18.7. The average Bonchev–Trinajstić information content (AvgIpc) is 3.25. The summed E-state index contributed by atoms with van der Waals surface area (Å²) in [7, 11) is 0. The Kier molecular flexibility index (Phi) is 8.36. The number of hydrogen-bond acceptors (Lipinski definition) is 3. The van der Waals surface area contributed by atoms with Crippen molar-refractivity contribution in [3.63, 3.8) is 0 Å². The van der Waals surface area contributed by atoms with Gasteiger partial charge in [0.15, 0.2) is 0 Å². The molecule has 2 N–H and O–H groups in total. The van der Waals surface area contributed by atoms with Gasteiger partial charge in [-0.15, -0.1) is 0 Å². The van der Waals surface area contributed by atoms with Crippen LogP contribution in [0.3, 0.4) is 0 Å². The van der Waals surface area contributed by atoms with Gasteiger partial charge < -0.3 is 20.4 Å². The number of urea groups is 1. The fraction of sp³-hybridized carbons (Fsp3) is 0.889. The molecule has 138 valence electrons. The van der Waals surface area contributed by atoms with E-state index in [0.717, 1.165) is 32.4 Å². The molecule has 0 spiro atoms. The smallest absolute Gasteiger partial charge is 0.317 e. The van der Waals surface area contributed by atoms with Crippen molar-refractivity contribution in [1.29, 1.82) is 0 Å². The molecule has 6 heteroatoms. The summed E-state index contributed by atoms with van der Waals surface area (Å²) in [5.41, 5.74) is 0. The lowest BCUT2D eigenvalue weighted by atomic mass is 10.2. The summed E-state index contributed by atoms with van der Waals surface area (Å²) < 4.78 is 0. The molecule has 1 aliphatic heterocycles. The topological polar surface area (TPSA) is 64.7 Å². The Bertz CT molecular complexity index is 390. The Morgan fingerprint density at radius 3 is 2.50 bits per heavy atom. The summed E-state index contributed by atoms with van der Waals surface area (Å²) >= 11 is 0. The van der Waals surface area contributed by atoms with Crippen LogP contribution < -0.4 is 10.6 Å². The van der Waals surface area contributed by atoms with E-state index in [1.54, 1.807) is 0 Å². The summed E-state index contributed by atoms with van der Waals surface area (Å²) in [5.74, 6) is 0.0549. The van der Waals surface area contributed by atoms with Gasteiger partial charge in [-0.2, -0.15) is 0 Å². The first-order valence-corrected chi connectivity index (χ1v) is 9.73. The van der Waals surface area contributed by atoms with Crippen LogP contribution >= 0.6 is 0 Å². The van der Waals surface area contributed by atoms with E-state index in [0.29, 0.717) is 25.6 Å².